The molecule has 0 aromatic heterocycles. The zero-order chi connectivity index (χ0) is 10.7. The summed E-state index contributed by atoms with van der Waals surface area (Å²) in [5.41, 5.74) is 6.18. The Morgan fingerprint density at radius 2 is 2.29 bits per heavy atom. The summed E-state index contributed by atoms with van der Waals surface area (Å²) < 4.78 is 5.06. The molecule has 3 nitrogen and oxygen atoms in total. The van der Waals surface area contributed by atoms with Crippen LogP contribution in [0, 0.1) is 0 Å². The van der Waals surface area contributed by atoms with Crippen molar-refractivity contribution in [3.63, 3.8) is 0 Å². The number of benzene rings is 1. The maximum absolute atomic E-state index is 9.67. The first kappa shape index (κ1) is 10.9. The molecule has 1 aromatic carbocycles. The smallest absolute Gasteiger partial charge is 0.142 e. The van der Waals surface area contributed by atoms with Gasteiger partial charge in [0, 0.05) is 0 Å². The van der Waals surface area contributed by atoms with Gasteiger partial charge in [-0.15, -0.1) is 6.58 Å². The van der Waals surface area contributed by atoms with Gasteiger partial charge in [0.25, 0.3) is 0 Å². The predicted octanol–water partition coefficient (Wildman–Crippen LogP) is 2.24. The molecule has 0 fully saturated rings. The zero-order valence-corrected chi connectivity index (χ0v) is 8.58. The van der Waals surface area contributed by atoms with E-state index < -0.39 is 6.04 Å². The van der Waals surface area contributed by atoms with Gasteiger partial charge in [-0.2, -0.15) is 0 Å². The lowest BCUT2D eigenvalue weighted by Gasteiger charge is -2.14. The Morgan fingerprint density at radius 3 is 2.79 bits per heavy atom. The molecular weight excluding hydrogens is 202 g/mol. The molecule has 0 spiro atoms. The monoisotopic (exact) mass is 213 g/mol. The van der Waals surface area contributed by atoms with Crippen LogP contribution in [0.25, 0.3) is 0 Å². The fourth-order valence-corrected chi connectivity index (χ4v) is 1.35. The van der Waals surface area contributed by atoms with E-state index in [4.69, 9.17) is 22.1 Å². The van der Waals surface area contributed by atoms with Crippen LogP contribution in [-0.4, -0.2) is 12.2 Å². The van der Waals surface area contributed by atoms with Crippen molar-refractivity contribution in [2.75, 3.05) is 7.11 Å². The maximum Gasteiger partial charge on any atom is 0.142 e. The third-order valence-electron chi connectivity index (χ3n) is 1.94. The van der Waals surface area contributed by atoms with E-state index in [1.165, 1.54) is 13.2 Å². The third kappa shape index (κ3) is 1.84. The van der Waals surface area contributed by atoms with Crippen LogP contribution in [0.4, 0.5) is 0 Å². The average Bonchev–Trinajstić information content (AvgIpc) is 2.20. The Hall–Kier alpha value is -1.19. The summed E-state index contributed by atoms with van der Waals surface area (Å²) in [7, 11) is 1.50. The molecule has 0 aliphatic rings. The number of hydrogen-bond acceptors (Lipinski definition) is 3. The molecule has 0 bridgehead atoms. The van der Waals surface area contributed by atoms with Gasteiger partial charge in [-0.1, -0.05) is 17.7 Å². The second-order valence-corrected chi connectivity index (χ2v) is 3.18. The van der Waals surface area contributed by atoms with Crippen LogP contribution in [0.2, 0.25) is 5.02 Å². The minimum atomic E-state index is -0.497. The number of halogens is 1. The van der Waals surface area contributed by atoms with E-state index in [2.05, 4.69) is 6.58 Å². The highest BCUT2D eigenvalue weighted by molar-refractivity contribution is 6.32. The van der Waals surface area contributed by atoms with Gasteiger partial charge < -0.3 is 15.6 Å². The first-order valence-electron chi connectivity index (χ1n) is 4.05. The van der Waals surface area contributed by atoms with Crippen molar-refractivity contribution in [2.24, 2.45) is 5.73 Å². The van der Waals surface area contributed by atoms with E-state index in [9.17, 15) is 5.11 Å². The summed E-state index contributed by atoms with van der Waals surface area (Å²) in [5.74, 6) is 0.442. The lowest BCUT2D eigenvalue weighted by atomic mass is 10.1. The zero-order valence-electron chi connectivity index (χ0n) is 7.83. The number of hydrogen-bond donors (Lipinski definition) is 2. The molecular formula is C10H12ClNO2. The largest absolute Gasteiger partial charge is 0.506 e. The Morgan fingerprint density at radius 1 is 1.64 bits per heavy atom. The van der Waals surface area contributed by atoms with Gasteiger partial charge in [0.1, 0.15) is 11.5 Å². The van der Waals surface area contributed by atoms with Crippen LogP contribution < -0.4 is 10.5 Å². The molecule has 14 heavy (non-hydrogen) atoms. The van der Waals surface area contributed by atoms with Crippen molar-refractivity contribution in [2.45, 2.75) is 6.04 Å². The van der Waals surface area contributed by atoms with Crippen LogP contribution >= 0.6 is 11.6 Å². The Balaban J connectivity index is 3.34. The van der Waals surface area contributed by atoms with E-state index >= 15 is 0 Å². The molecule has 4 heteroatoms. The normalized spacial score (nSPS) is 12.2. The molecule has 0 saturated heterocycles. The van der Waals surface area contributed by atoms with Crippen molar-refractivity contribution in [1.82, 2.24) is 0 Å². The molecule has 3 N–H and O–H groups in total. The van der Waals surface area contributed by atoms with Gasteiger partial charge >= 0.3 is 0 Å². The Kier molecular flexibility index (Phi) is 3.38. The number of methoxy groups -OCH3 is 1. The van der Waals surface area contributed by atoms with E-state index in [0.29, 0.717) is 11.3 Å². The number of rotatable bonds is 3. The van der Waals surface area contributed by atoms with Gasteiger partial charge in [0.15, 0.2) is 0 Å². The quantitative estimate of drug-likeness (QED) is 0.758. The van der Waals surface area contributed by atoms with Crippen molar-refractivity contribution in [1.29, 1.82) is 0 Å². The van der Waals surface area contributed by atoms with Gasteiger partial charge in [0.2, 0.25) is 0 Å². The van der Waals surface area contributed by atoms with E-state index in [1.807, 2.05) is 0 Å². The third-order valence-corrected chi connectivity index (χ3v) is 2.24. The number of aromatic hydroxyl groups is 1. The number of phenolic OH excluding ortho intramolecular Hbond substituents is 1. The summed E-state index contributed by atoms with van der Waals surface area (Å²) in [5, 5.41) is 9.92. The standard InChI is InChI=1S/C10H12ClNO2/c1-3-7(12)9-8(14-2)5-4-6(11)10(9)13/h3-5,7,13H,1,12H2,2H3/t7-/m0/s1. The molecule has 0 saturated carbocycles. The van der Waals surface area contributed by atoms with Crippen molar-refractivity contribution in [3.05, 3.63) is 35.4 Å². The number of nitrogens with two attached hydrogens (primary N) is 1. The minimum absolute atomic E-state index is 0.0570. The van der Waals surface area contributed by atoms with Crippen molar-refractivity contribution in [3.8, 4) is 11.5 Å². The minimum Gasteiger partial charge on any atom is -0.506 e. The molecule has 1 aromatic rings. The fraction of sp³-hybridized carbons (Fsp3) is 0.200. The molecule has 0 radical (unpaired) electrons. The highest BCUT2D eigenvalue weighted by Gasteiger charge is 2.16. The van der Waals surface area contributed by atoms with Crippen LogP contribution in [-0.2, 0) is 0 Å². The molecule has 0 amide bonds. The molecule has 76 valence electrons. The van der Waals surface area contributed by atoms with E-state index in [0.717, 1.165) is 0 Å². The number of ether oxygens (including phenoxy) is 1. The number of phenols is 1. The topological polar surface area (TPSA) is 55.5 Å². The Bertz CT molecular complexity index is 352. The van der Waals surface area contributed by atoms with E-state index in [1.54, 1.807) is 12.1 Å². The van der Waals surface area contributed by atoms with Gasteiger partial charge in [-0.05, 0) is 12.1 Å². The van der Waals surface area contributed by atoms with Crippen LogP contribution in [0.3, 0.4) is 0 Å². The lowest BCUT2D eigenvalue weighted by Crippen LogP contribution is -2.08. The van der Waals surface area contributed by atoms with Crippen molar-refractivity contribution < 1.29 is 9.84 Å². The first-order chi connectivity index (χ1) is 6.61. The molecule has 0 aliphatic heterocycles. The molecule has 1 rings (SSSR count). The van der Waals surface area contributed by atoms with Crippen LogP contribution in [0.15, 0.2) is 24.8 Å². The summed E-state index contributed by atoms with van der Waals surface area (Å²) in [6.45, 7) is 3.55. The lowest BCUT2D eigenvalue weighted by molar-refractivity contribution is 0.397. The second-order valence-electron chi connectivity index (χ2n) is 2.77. The van der Waals surface area contributed by atoms with Crippen LogP contribution in [0.5, 0.6) is 11.5 Å². The van der Waals surface area contributed by atoms with Crippen LogP contribution in [0.1, 0.15) is 11.6 Å². The van der Waals surface area contributed by atoms with Gasteiger partial charge in [-0.3, -0.25) is 0 Å². The first-order valence-corrected chi connectivity index (χ1v) is 4.43. The Labute approximate surface area is 87.8 Å². The predicted molar refractivity (Wildman–Crippen MR) is 56.8 cm³/mol. The van der Waals surface area contributed by atoms with E-state index in [-0.39, 0.29) is 10.8 Å². The van der Waals surface area contributed by atoms with Gasteiger partial charge in [0.05, 0.1) is 23.7 Å². The average molecular weight is 214 g/mol. The maximum atomic E-state index is 9.67. The molecule has 0 unspecified atom stereocenters. The fourth-order valence-electron chi connectivity index (χ4n) is 1.18. The summed E-state index contributed by atoms with van der Waals surface area (Å²) in [6.07, 6.45) is 1.51. The highest BCUT2D eigenvalue weighted by atomic mass is 35.5. The molecule has 1 atom stereocenters. The van der Waals surface area contributed by atoms with Gasteiger partial charge in [-0.25, -0.2) is 0 Å². The van der Waals surface area contributed by atoms with Crippen molar-refractivity contribution >= 4 is 11.6 Å². The SMILES string of the molecule is C=C[C@H](N)c1c(OC)ccc(Cl)c1O. The summed E-state index contributed by atoms with van der Waals surface area (Å²) in [4.78, 5) is 0. The molecule has 0 aliphatic carbocycles. The highest BCUT2D eigenvalue weighted by Crippen LogP contribution is 2.37. The molecule has 0 heterocycles. The summed E-state index contributed by atoms with van der Waals surface area (Å²) >= 11 is 5.75. The summed E-state index contributed by atoms with van der Waals surface area (Å²) in [6, 6.07) is 2.71. The second kappa shape index (κ2) is 4.35.